The van der Waals surface area contributed by atoms with Crippen LogP contribution in [0.1, 0.15) is 69.8 Å². The molecule has 7 heteroatoms. The van der Waals surface area contributed by atoms with E-state index in [1.165, 1.54) is 88.1 Å². The molecule has 1 aliphatic carbocycles. The predicted octanol–water partition coefficient (Wildman–Crippen LogP) is 8.27. The molecule has 0 aromatic heterocycles. The average molecular weight is 501 g/mol. The van der Waals surface area contributed by atoms with Crippen molar-refractivity contribution in [2.24, 2.45) is 17.8 Å². The van der Waals surface area contributed by atoms with Crippen LogP contribution in [-0.2, 0) is 11.2 Å². The summed E-state index contributed by atoms with van der Waals surface area (Å²) in [5.74, 6) is -0.281. The molecule has 192 valence electrons. The first-order valence-electron chi connectivity index (χ1n) is 13.1. The maximum Gasteiger partial charge on any atom is 0.305 e. The highest BCUT2D eigenvalue weighted by Gasteiger charge is 2.31. The lowest BCUT2D eigenvalue weighted by Crippen LogP contribution is -2.28. The molecule has 3 rings (SSSR count). The highest BCUT2D eigenvalue weighted by Crippen LogP contribution is 2.42. The third-order valence-corrected chi connectivity index (χ3v) is 11.6. The first kappa shape index (κ1) is 27.2. The van der Waals surface area contributed by atoms with E-state index in [2.05, 4.69) is 4.74 Å². The van der Waals surface area contributed by atoms with Gasteiger partial charge in [-0.3, -0.25) is 0 Å². The molecule has 1 aromatic carbocycles. The number of benzene rings is 1. The number of aryl methyl sites for hydroxylation is 1. The van der Waals surface area contributed by atoms with Gasteiger partial charge in [-0.1, -0.05) is 56.7 Å². The number of methoxy groups -OCH3 is 1. The van der Waals surface area contributed by atoms with Crippen molar-refractivity contribution in [3.05, 3.63) is 41.7 Å². The van der Waals surface area contributed by atoms with Crippen molar-refractivity contribution in [2.45, 2.75) is 88.8 Å². The highest BCUT2D eigenvalue weighted by atomic mass is 28.3. The van der Waals surface area contributed by atoms with E-state index in [9.17, 15) is 17.6 Å². The zero-order valence-electron chi connectivity index (χ0n) is 20.5. The van der Waals surface area contributed by atoms with Crippen LogP contribution in [0.3, 0.4) is 0 Å². The smallest absolute Gasteiger partial charge is 0.305 e. The van der Waals surface area contributed by atoms with Crippen LogP contribution in [0.25, 0.3) is 0 Å². The molecular formula is C27H40F4O2Si. The second-order valence-corrected chi connectivity index (χ2v) is 13.8. The number of hydrogen-bond acceptors (Lipinski definition) is 2. The molecule has 2 nitrogen and oxygen atoms in total. The molecule has 2 aliphatic rings. The summed E-state index contributed by atoms with van der Waals surface area (Å²) in [5, 5.41) is 0. The lowest BCUT2D eigenvalue weighted by atomic mass is 9.73. The van der Waals surface area contributed by atoms with E-state index in [4.69, 9.17) is 4.74 Å². The Labute approximate surface area is 203 Å². The fourth-order valence-corrected chi connectivity index (χ4v) is 9.63. The second-order valence-electron chi connectivity index (χ2n) is 10.4. The molecule has 0 amide bonds. The van der Waals surface area contributed by atoms with Crippen molar-refractivity contribution in [3.63, 3.8) is 0 Å². The quantitative estimate of drug-likeness (QED) is 0.124. The van der Waals surface area contributed by atoms with Crippen LogP contribution in [0.2, 0.25) is 18.1 Å². The number of halogens is 4. The van der Waals surface area contributed by atoms with E-state index in [-0.39, 0.29) is 6.26 Å². The third kappa shape index (κ3) is 8.70. The lowest BCUT2D eigenvalue weighted by molar-refractivity contribution is 0.186. The van der Waals surface area contributed by atoms with Crippen molar-refractivity contribution in [3.8, 4) is 5.75 Å². The van der Waals surface area contributed by atoms with Gasteiger partial charge in [-0.05, 0) is 67.6 Å². The molecule has 1 heterocycles. The minimum atomic E-state index is -2.14. The Morgan fingerprint density at radius 1 is 0.941 bits per heavy atom. The molecule has 1 aromatic rings. The van der Waals surface area contributed by atoms with E-state index < -0.39 is 32.3 Å². The standard InChI is InChI=1S/C27H40F4O2Si/c1-32-13-3-2-4-14-34-15-11-23(12-16-34)22-9-7-20(8-10-22)5-6-21-17-24(28)27(25(29)18-21)33-19-26(30)31/h17-20,22-23,34H,2-16H2,1H3/t20-,22-,23?,34?. The number of unbranched alkanes of at least 4 members (excludes halogenated alkanes) is 2. The molecule has 1 aliphatic heterocycles. The van der Waals surface area contributed by atoms with Gasteiger partial charge in [0.15, 0.2) is 23.6 Å². The Kier molecular flexibility index (Phi) is 11.4. The summed E-state index contributed by atoms with van der Waals surface area (Å²) in [6.45, 7) is 0.897. The Bertz CT molecular complexity index is 745. The summed E-state index contributed by atoms with van der Waals surface area (Å²) in [7, 11) is 1.28. The Morgan fingerprint density at radius 3 is 2.21 bits per heavy atom. The Morgan fingerprint density at radius 2 is 1.59 bits per heavy atom. The van der Waals surface area contributed by atoms with Crippen LogP contribution in [0.4, 0.5) is 17.6 Å². The van der Waals surface area contributed by atoms with E-state index in [0.717, 1.165) is 24.9 Å². The van der Waals surface area contributed by atoms with Crippen molar-refractivity contribution >= 4 is 8.80 Å². The largest absolute Gasteiger partial charge is 0.453 e. The molecule has 34 heavy (non-hydrogen) atoms. The molecule has 1 saturated carbocycles. The van der Waals surface area contributed by atoms with Crippen molar-refractivity contribution in [1.29, 1.82) is 0 Å². The van der Waals surface area contributed by atoms with Gasteiger partial charge in [-0.15, -0.1) is 0 Å². The monoisotopic (exact) mass is 500 g/mol. The van der Waals surface area contributed by atoms with Gasteiger partial charge in [0, 0.05) is 22.5 Å². The molecule has 0 spiro atoms. The van der Waals surface area contributed by atoms with Crippen molar-refractivity contribution in [2.75, 3.05) is 13.7 Å². The topological polar surface area (TPSA) is 18.5 Å². The summed E-state index contributed by atoms with van der Waals surface area (Å²) in [6, 6.07) is 6.97. The van der Waals surface area contributed by atoms with Gasteiger partial charge in [0.05, 0.1) is 0 Å². The molecule has 0 atom stereocenters. The van der Waals surface area contributed by atoms with Crippen LogP contribution in [0, 0.1) is 29.4 Å². The predicted molar refractivity (Wildman–Crippen MR) is 131 cm³/mol. The van der Waals surface area contributed by atoms with Gasteiger partial charge in [-0.25, -0.2) is 8.78 Å². The maximum atomic E-state index is 14.1. The number of hydrogen-bond donors (Lipinski definition) is 0. The molecule has 0 radical (unpaired) electrons. The maximum absolute atomic E-state index is 14.1. The summed E-state index contributed by atoms with van der Waals surface area (Å²) in [5.41, 5.74) is 0.555. The van der Waals surface area contributed by atoms with Crippen LogP contribution < -0.4 is 4.74 Å². The van der Waals surface area contributed by atoms with Gasteiger partial charge in [0.1, 0.15) is 0 Å². The zero-order valence-corrected chi connectivity index (χ0v) is 21.6. The fourth-order valence-electron chi connectivity index (χ4n) is 6.10. The first-order valence-corrected chi connectivity index (χ1v) is 15.6. The minimum absolute atomic E-state index is 0.0543. The van der Waals surface area contributed by atoms with Gasteiger partial charge < -0.3 is 9.47 Å². The van der Waals surface area contributed by atoms with Crippen molar-refractivity contribution in [1.82, 2.24) is 0 Å². The van der Waals surface area contributed by atoms with Gasteiger partial charge >= 0.3 is 6.08 Å². The van der Waals surface area contributed by atoms with E-state index in [0.29, 0.717) is 17.9 Å². The first-order chi connectivity index (χ1) is 16.5. The normalized spacial score (nSPS) is 25.2. The van der Waals surface area contributed by atoms with Crippen LogP contribution >= 0.6 is 0 Å². The minimum Gasteiger partial charge on any atom is -0.453 e. The van der Waals surface area contributed by atoms with E-state index in [1.54, 1.807) is 7.11 Å². The van der Waals surface area contributed by atoms with Gasteiger partial charge in [0.25, 0.3) is 0 Å². The lowest BCUT2D eigenvalue weighted by Gasteiger charge is -2.37. The van der Waals surface area contributed by atoms with Crippen LogP contribution in [0.5, 0.6) is 5.75 Å². The summed E-state index contributed by atoms with van der Waals surface area (Å²) in [4.78, 5) is 0. The van der Waals surface area contributed by atoms with Gasteiger partial charge in [0.2, 0.25) is 0 Å². The average Bonchev–Trinajstić information content (AvgIpc) is 2.83. The number of rotatable bonds is 12. The molecule has 0 unspecified atom stereocenters. The number of ether oxygens (including phenoxy) is 2. The Balaban J connectivity index is 1.35. The van der Waals surface area contributed by atoms with Gasteiger partial charge in [-0.2, -0.15) is 8.78 Å². The summed E-state index contributed by atoms with van der Waals surface area (Å²) < 4.78 is 62.0. The van der Waals surface area contributed by atoms with Crippen LogP contribution in [-0.4, -0.2) is 22.5 Å². The zero-order chi connectivity index (χ0) is 24.3. The SMILES string of the molecule is COCCCCC[SiH]1CCC([C@H]2CC[C@H](CCc3cc(F)c(OC=C(F)F)c(F)c3)CC2)CC1. The van der Waals surface area contributed by atoms with Crippen LogP contribution in [0.15, 0.2) is 24.5 Å². The molecule has 0 bridgehead atoms. The highest BCUT2D eigenvalue weighted by molar-refractivity contribution is 6.58. The third-order valence-electron chi connectivity index (χ3n) is 8.08. The summed E-state index contributed by atoms with van der Waals surface area (Å²) >= 11 is 0. The Hall–Kier alpha value is -1.34. The fraction of sp³-hybridized carbons (Fsp3) is 0.704. The molecule has 0 N–H and O–H groups in total. The molecule has 1 saturated heterocycles. The van der Waals surface area contributed by atoms with E-state index >= 15 is 0 Å². The second kappa shape index (κ2) is 14.3. The summed E-state index contributed by atoms with van der Waals surface area (Å²) in [6.07, 6.45) is 11.2. The molecular weight excluding hydrogens is 460 g/mol. The van der Waals surface area contributed by atoms with E-state index in [1.807, 2.05) is 0 Å². The molecule has 2 fully saturated rings. The van der Waals surface area contributed by atoms with Crippen molar-refractivity contribution < 1.29 is 27.0 Å².